The van der Waals surface area contributed by atoms with Crippen molar-refractivity contribution < 1.29 is 27.8 Å². The summed E-state index contributed by atoms with van der Waals surface area (Å²) in [5.41, 5.74) is 6.23. The maximum absolute atomic E-state index is 14.9. The number of hydrogen-bond donors (Lipinski definition) is 2. The summed E-state index contributed by atoms with van der Waals surface area (Å²) in [4.78, 5) is 30.8. The number of methoxy groups -OCH3 is 2. The second-order valence-electron chi connectivity index (χ2n) is 8.40. The molecule has 0 bridgehead atoms. The van der Waals surface area contributed by atoms with Crippen molar-refractivity contribution in [1.29, 1.82) is 0 Å². The van der Waals surface area contributed by atoms with Gasteiger partial charge in [0.2, 0.25) is 5.91 Å². The number of nitrogen functional groups attached to an aromatic ring is 1. The fraction of sp³-hybridized carbons (Fsp3) is 0.308. The first kappa shape index (κ1) is 26.4. The Morgan fingerprint density at radius 1 is 1.26 bits per heavy atom. The number of ether oxygens (including phenoxy) is 2. The molecule has 1 aliphatic heterocycles. The molecule has 1 atom stereocenters. The van der Waals surface area contributed by atoms with Crippen molar-refractivity contribution >= 4 is 28.5 Å². The molecule has 0 spiro atoms. The topological polar surface area (TPSA) is 125 Å². The Kier molecular flexibility index (Phi) is 7.47. The lowest BCUT2D eigenvalue weighted by molar-refractivity contribution is -0.125. The van der Waals surface area contributed by atoms with Crippen LogP contribution in [0.25, 0.3) is 10.9 Å². The number of hydrogen-bond acceptors (Lipinski definition) is 7. The monoisotopic (exact) mass is 524 g/mol. The molecule has 2 aromatic heterocycles. The van der Waals surface area contributed by atoms with Crippen LogP contribution in [0.15, 0.2) is 24.9 Å². The van der Waals surface area contributed by atoms with Crippen molar-refractivity contribution in [3.8, 4) is 23.3 Å². The average Bonchev–Trinajstić information content (AvgIpc) is 3.55. The first-order valence-corrected chi connectivity index (χ1v) is 11.7. The predicted molar refractivity (Wildman–Crippen MR) is 136 cm³/mol. The first-order valence-electron chi connectivity index (χ1n) is 11.7. The summed E-state index contributed by atoms with van der Waals surface area (Å²) in [5, 5.41) is 7.57. The van der Waals surface area contributed by atoms with Crippen LogP contribution < -0.4 is 20.5 Å². The van der Waals surface area contributed by atoms with Gasteiger partial charge in [-0.25, -0.2) is 13.8 Å². The van der Waals surface area contributed by atoms with Crippen LogP contribution in [0.3, 0.4) is 0 Å². The SMILES string of the molecule is C=CC(=O)N1CCC(n2nc(C#Cc3c(F)c(OC)cc(OC)c3F)c3c(N)ncc(C(=O)NCC)c32)C1. The number of carbonyl (C=O) groups excluding carboxylic acids is 2. The lowest BCUT2D eigenvalue weighted by atomic mass is 10.1. The van der Waals surface area contributed by atoms with Gasteiger partial charge >= 0.3 is 0 Å². The zero-order valence-corrected chi connectivity index (χ0v) is 21.1. The summed E-state index contributed by atoms with van der Waals surface area (Å²) in [7, 11) is 2.47. The van der Waals surface area contributed by atoms with Gasteiger partial charge in [-0.15, -0.1) is 0 Å². The number of rotatable bonds is 6. The van der Waals surface area contributed by atoms with Gasteiger partial charge in [-0.05, 0) is 25.3 Å². The Morgan fingerprint density at radius 3 is 2.55 bits per heavy atom. The number of fused-ring (bicyclic) bond motifs is 1. The van der Waals surface area contributed by atoms with Crippen LogP contribution >= 0.6 is 0 Å². The van der Waals surface area contributed by atoms with Crippen molar-refractivity contribution in [3.05, 3.63) is 53.4 Å². The Bertz CT molecular complexity index is 1480. The highest BCUT2D eigenvalue weighted by atomic mass is 19.1. The number of nitrogens with one attached hydrogen (secondary N) is 1. The molecule has 198 valence electrons. The average molecular weight is 525 g/mol. The summed E-state index contributed by atoms with van der Waals surface area (Å²) in [6.45, 7) is 6.43. The van der Waals surface area contributed by atoms with Gasteiger partial charge in [-0.2, -0.15) is 5.10 Å². The molecule has 0 radical (unpaired) electrons. The van der Waals surface area contributed by atoms with Crippen LogP contribution in [-0.4, -0.2) is 65.3 Å². The van der Waals surface area contributed by atoms with E-state index >= 15 is 0 Å². The molecule has 3 heterocycles. The third kappa shape index (κ3) is 4.58. The van der Waals surface area contributed by atoms with E-state index in [1.165, 1.54) is 26.5 Å². The number of benzene rings is 1. The van der Waals surface area contributed by atoms with Crippen molar-refractivity contribution in [2.75, 3.05) is 39.6 Å². The molecular formula is C26H26F2N6O4. The van der Waals surface area contributed by atoms with E-state index in [1.807, 2.05) is 0 Å². The van der Waals surface area contributed by atoms with Gasteiger partial charge in [-0.1, -0.05) is 12.5 Å². The molecule has 1 unspecified atom stereocenters. The maximum Gasteiger partial charge on any atom is 0.255 e. The van der Waals surface area contributed by atoms with Crippen LogP contribution in [0, 0.1) is 23.5 Å². The highest BCUT2D eigenvalue weighted by molar-refractivity contribution is 6.09. The van der Waals surface area contributed by atoms with Gasteiger partial charge in [-0.3, -0.25) is 14.3 Å². The zero-order chi connectivity index (χ0) is 27.6. The normalized spacial score (nSPS) is 14.7. The minimum absolute atomic E-state index is 0.0322. The number of nitrogens with zero attached hydrogens (tertiary/aromatic N) is 4. The van der Waals surface area contributed by atoms with Gasteiger partial charge < -0.3 is 25.4 Å². The molecule has 10 nitrogen and oxygen atoms in total. The number of pyridine rings is 1. The van der Waals surface area contributed by atoms with Gasteiger partial charge in [0.15, 0.2) is 23.1 Å². The fourth-order valence-corrected chi connectivity index (χ4v) is 4.36. The lowest BCUT2D eigenvalue weighted by Gasteiger charge is -2.16. The number of amides is 2. The summed E-state index contributed by atoms with van der Waals surface area (Å²) >= 11 is 0. The largest absolute Gasteiger partial charge is 0.493 e. The van der Waals surface area contributed by atoms with E-state index in [1.54, 1.807) is 16.5 Å². The van der Waals surface area contributed by atoms with Gasteiger partial charge in [0.1, 0.15) is 17.1 Å². The predicted octanol–water partition coefficient (Wildman–Crippen LogP) is 2.42. The molecule has 0 aliphatic carbocycles. The van der Waals surface area contributed by atoms with Gasteiger partial charge in [0.05, 0.1) is 36.7 Å². The van der Waals surface area contributed by atoms with Crippen molar-refractivity contribution in [1.82, 2.24) is 25.0 Å². The molecule has 0 saturated carbocycles. The molecule has 3 N–H and O–H groups in total. The quantitative estimate of drug-likeness (QED) is 0.375. The van der Waals surface area contributed by atoms with E-state index in [-0.39, 0.29) is 45.9 Å². The van der Waals surface area contributed by atoms with Gasteiger partial charge in [0, 0.05) is 31.9 Å². The van der Waals surface area contributed by atoms with Crippen molar-refractivity contribution in [3.63, 3.8) is 0 Å². The number of anilines is 1. The van der Waals surface area contributed by atoms with E-state index in [4.69, 9.17) is 15.2 Å². The second kappa shape index (κ2) is 10.8. The third-order valence-electron chi connectivity index (χ3n) is 6.21. The highest BCUT2D eigenvalue weighted by Gasteiger charge is 2.31. The van der Waals surface area contributed by atoms with E-state index in [9.17, 15) is 18.4 Å². The minimum Gasteiger partial charge on any atom is -0.493 e. The van der Waals surface area contributed by atoms with Crippen LogP contribution in [0.4, 0.5) is 14.6 Å². The second-order valence-corrected chi connectivity index (χ2v) is 8.40. The summed E-state index contributed by atoms with van der Waals surface area (Å²) in [5.74, 6) is 2.06. The van der Waals surface area contributed by atoms with Crippen LogP contribution in [0.1, 0.15) is 41.0 Å². The van der Waals surface area contributed by atoms with E-state index in [0.717, 1.165) is 6.07 Å². The van der Waals surface area contributed by atoms with Gasteiger partial charge in [0.25, 0.3) is 5.91 Å². The Hall–Kier alpha value is -4.66. The first-order chi connectivity index (χ1) is 18.2. The Labute approximate surface area is 217 Å². The number of likely N-dealkylation sites (tertiary alicyclic amines) is 1. The van der Waals surface area contributed by atoms with Crippen LogP contribution in [0.2, 0.25) is 0 Å². The zero-order valence-electron chi connectivity index (χ0n) is 21.1. The molecular weight excluding hydrogens is 498 g/mol. The minimum atomic E-state index is -1.01. The molecule has 38 heavy (non-hydrogen) atoms. The van der Waals surface area contributed by atoms with Crippen LogP contribution in [0.5, 0.6) is 11.5 Å². The van der Waals surface area contributed by atoms with Crippen molar-refractivity contribution in [2.45, 2.75) is 19.4 Å². The maximum atomic E-state index is 14.9. The summed E-state index contributed by atoms with van der Waals surface area (Å²) < 4.78 is 41.4. The molecule has 4 rings (SSSR count). The standard InChI is InChI=1S/C26H26F2N6O4/c1-5-20(35)33-10-9-14(13-33)34-24-16(26(36)30-6-2)12-31-25(29)21(24)17(32-34)8-7-15-22(27)18(37-3)11-19(38-4)23(15)28/h5,11-12,14H,1,6,9-10,13H2,2-4H3,(H2,29,31)(H,30,36). The number of carbonyl (C=O) groups is 2. The number of halogens is 2. The number of aromatic nitrogens is 3. The third-order valence-corrected chi connectivity index (χ3v) is 6.21. The molecule has 3 aromatic rings. The molecule has 1 aromatic carbocycles. The molecule has 2 amide bonds. The fourth-order valence-electron chi connectivity index (χ4n) is 4.36. The molecule has 1 fully saturated rings. The smallest absolute Gasteiger partial charge is 0.255 e. The van der Waals surface area contributed by atoms with E-state index in [0.29, 0.717) is 31.6 Å². The lowest BCUT2D eigenvalue weighted by Crippen LogP contribution is -2.28. The van der Waals surface area contributed by atoms with Crippen LogP contribution in [-0.2, 0) is 4.79 Å². The summed E-state index contributed by atoms with van der Waals surface area (Å²) in [6, 6.07) is 0.758. The highest BCUT2D eigenvalue weighted by Crippen LogP contribution is 2.33. The van der Waals surface area contributed by atoms with E-state index < -0.39 is 23.1 Å². The summed E-state index contributed by atoms with van der Waals surface area (Å²) in [6.07, 6.45) is 3.11. The molecule has 1 saturated heterocycles. The molecule has 12 heteroatoms. The molecule has 1 aliphatic rings. The Morgan fingerprint density at radius 2 is 1.95 bits per heavy atom. The number of nitrogens with two attached hydrogens (primary N) is 1. The van der Waals surface area contributed by atoms with E-state index in [2.05, 4.69) is 33.8 Å². The van der Waals surface area contributed by atoms with Crippen molar-refractivity contribution in [2.24, 2.45) is 0 Å². The Balaban J connectivity index is 1.93.